The van der Waals surface area contributed by atoms with Gasteiger partial charge in [-0.3, -0.25) is 4.79 Å². The number of hydrogen-bond donors (Lipinski definition) is 1. The van der Waals surface area contributed by atoms with Crippen LogP contribution in [0, 0.1) is 11.6 Å². The van der Waals surface area contributed by atoms with Gasteiger partial charge in [0, 0.05) is 37.9 Å². The lowest BCUT2D eigenvalue weighted by atomic mass is 9.83. The first-order valence-electron chi connectivity index (χ1n) is 14.8. The van der Waals surface area contributed by atoms with E-state index < -0.39 is 75.5 Å². The fourth-order valence-electron chi connectivity index (χ4n) is 5.17. The molecule has 0 aliphatic carbocycles. The molecule has 4 aromatic carbocycles. The average Bonchev–Trinajstić information content (AvgIpc) is 2.96. The fraction of sp³-hybridized carbons (Fsp3) is 0.286. The van der Waals surface area contributed by atoms with Crippen LogP contribution in [0.2, 0.25) is 10.0 Å². The van der Waals surface area contributed by atoms with E-state index in [0.29, 0.717) is 17.7 Å². The molecule has 4 rings (SSSR count). The third-order valence-electron chi connectivity index (χ3n) is 7.71. The molecule has 0 saturated heterocycles. The van der Waals surface area contributed by atoms with Gasteiger partial charge in [-0.15, -0.1) is 0 Å². The third kappa shape index (κ3) is 8.17. The number of halogens is 7. The maximum Gasteiger partial charge on any atom is 0.501 e. The summed E-state index contributed by atoms with van der Waals surface area (Å²) in [4.78, 5) is 12.0. The van der Waals surface area contributed by atoms with Crippen LogP contribution in [0.15, 0.2) is 71.6 Å². The summed E-state index contributed by atoms with van der Waals surface area (Å²) < 4.78 is 124. The number of rotatable bonds is 7. The molecular weight excluding hydrogens is 744 g/mol. The first-order chi connectivity index (χ1) is 22.7. The highest BCUT2D eigenvalue weighted by molar-refractivity contribution is 7.92. The molecule has 0 saturated carbocycles. The van der Waals surface area contributed by atoms with E-state index in [2.05, 4.69) is 0 Å². The Hall–Kier alpha value is -3.52. The summed E-state index contributed by atoms with van der Waals surface area (Å²) in [6.07, 6.45) is 0. The van der Waals surface area contributed by atoms with Gasteiger partial charge < -0.3 is 0 Å². The van der Waals surface area contributed by atoms with Gasteiger partial charge in [0.2, 0.25) is 10.0 Å². The van der Waals surface area contributed by atoms with Crippen LogP contribution in [0.1, 0.15) is 68.6 Å². The van der Waals surface area contributed by atoms with Crippen LogP contribution < -0.4 is 4.72 Å². The minimum atomic E-state index is -5.84. The molecule has 0 spiro atoms. The maximum atomic E-state index is 16.0. The number of benzene rings is 4. The van der Waals surface area contributed by atoms with Crippen LogP contribution >= 0.6 is 23.2 Å². The van der Waals surface area contributed by atoms with Crippen LogP contribution in [0.5, 0.6) is 0 Å². The molecule has 0 atom stereocenters. The predicted molar refractivity (Wildman–Crippen MR) is 184 cm³/mol. The highest BCUT2D eigenvalue weighted by atomic mass is 35.5. The SMILES string of the molecule is CC(C)(C)c1cccc(-c2cc(C(=O)NS(=O)(=O)Cc3cc(-c4cc(S(=O)(=O)C(F)(F)F)ccc4Cl)c(F)c(C(C)(C)C)c3)ccc2Cl)c1F. The second-order valence-corrected chi connectivity index (χ2v) is 18.1. The van der Waals surface area contributed by atoms with Crippen LogP contribution in [0.4, 0.5) is 22.0 Å². The van der Waals surface area contributed by atoms with Crippen molar-refractivity contribution in [3.8, 4) is 22.3 Å². The van der Waals surface area contributed by atoms with Crippen molar-refractivity contribution in [1.82, 2.24) is 4.72 Å². The smallest absolute Gasteiger partial charge is 0.268 e. The Bertz CT molecular complexity index is 2230. The molecule has 0 aromatic heterocycles. The van der Waals surface area contributed by atoms with Crippen LogP contribution in [-0.2, 0) is 36.4 Å². The minimum Gasteiger partial charge on any atom is -0.268 e. The number of carbonyl (C=O) groups is 1. The van der Waals surface area contributed by atoms with Crippen LogP contribution in [-0.4, -0.2) is 28.3 Å². The van der Waals surface area contributed by atoms with Gasteiger partial charge in [-0.05, 0) is 70.0 Å². The van der Waals surface area contributed by atoms with Crippen molar-refractivity contribution in [2.45, 2.75) is 68.5 Å². The quantitative estimate of drug-likeness (QED) is 0.189. The Morgan fingerprint density at radius 1 is 0.680 bits per heavy atom. The van der Waals surface area contributed by atoms with Crippen molar-refractivity contribution in [2.75, 3.05) is 0 Å². The second-order valence-electron chi connectivity index (χ2n) is 13.6. The van der Waals surface area contributed by atoms with Gasteiger partial charge in [-0.1, -0.05) is 89.0 Å². The summed E-state index contributed by atoms with van der Waals surface area (Å²) >= 11 is 12.6. The molecule has 1 amide bonds. The lowest BCUT2D eigenvalue weighted by Gasteiger charge is -2.23. The van der Waals surface area contributed by atoms with E-state index in [1.165, 1.54) is 30.3 Å². The number of hydrogen-bond acceptors (Lipinski definition) is 5. The molecule has 4 aromatic rings. The number of alkyl halides is 3. The van der Waals surface area contributed by atoms with E-state index in [0.717, 1.165) is 12.1 Å². The molecule has 1 N–H and O–H groups in total. The molecule has 0 radical (unpaired) electrons. The largest absolute Gasteiger partial charge is 0.501 e. The number of sulfone groups is 1. The normalized spacial score (nSPS) is 13.0. The van der Waals surface area contributed by atoms with E-state index in [4.69, 9.17) is 23.2 Å². The van der Waals surface area contributed by atoms with Gasteiger partial charge in [0.05, 0.1) is 10.6 Å². The summed E-state index contributed by atoms with van der Waals surface area (Å²) in [5, 5.41) is -0.199. The fourth-order valence-corrected chi connectivity index (χ4v) is 7.47. The Kier molecular flexibility index (Phi) is 10.6. The highest BCUT2D eigenvalue weighted by Crippen LogP contribution is 2.40. The second kappa shape index (κ2) is 13.6. The minimum absolute atomic E-state index is 0.0615. The first kappa shape index (κ1) is 39.3. The molecule has 0 aliphatic heterocycles. The molecule has 15 heteroatoms. The van der Waals surface area contributed by atoms with Crippen molar-refractivity contribution in [3.63, 3.8) is 0 Å². The average molecular weight is 777 g/mol. The van der Waals surface area contributed by atoms with Crippen LogP contribution in [0.25, 0.3) is 22.3 Å². The summed E-state index contributed by atoms with van der Waals surface area (Å²) in [6.45, 7) is 10.3. The molecule has 0 unspecified atom stereocenters. The number of amides is 1. The van der Waals surface area contributed by atoms with Crippen LogP contribution in [0.3, 0.4) is 0 Å². The lowest BCUT2D eigenvalue weighted by molar-refractivity contribution is -0.0436. The van der Waals surface area contributed by atoms with Crippen molar-refractivity contribution in [3.05, 3.63) is 111 Å². The molecular formula is C35H32Cl2F5NO5S2. The van der Waals surface area contributed by atoms with E-state index in [1.54, 1.807) is 32.9 Å². The standard InChI is InChI=1S/C35H32Cl2F5NO5S2/c1-33(2,3)26-9-7-8-22(30(26)38)23-16-20(10-12-28(23)36)32(44)43-49(45,46)18-19-14-25(31(39)27(15-19)34(4,5)6)24-17-21(11-13-29(24)37)50(47,48)35(40,41)42/h7-17H,18H2,1-6H3,(H,43,44). The Morgan fingerprint density at radius 3 is 1.78 bits per heavy atom. The third-order valence-corrected chi connectivity index (χ3v) is 11.1. The van der Waals surface area contributed by atoms with Gasteiger partial charge in [-0.25, -0.2) is 30.3 Å². The van der Waals surface area contributed by atoms with Gasteiger partial charge in [-0.2, -0.15) is 13.2 Å². The monoisotopic (exact) mass is 775 g/mol. The zero-order valence-corrected chi connectivity index (χ0v) is 30.7. The highest BCUT2D eigenvalue weighted by Gasteiger charge is 2.47. The lowest BCUT2D eigenvalue weighted by Crippen LogP contribution is -2.31. The van der Waals surface area contributed by atoms with E-state index >= 15 is 8.78 Å². The Morgan fingerprint density at radius 2 is 1.22 bits per heavy atom. The van der Waals surface area contributed by atoms with Gasteiger partial charge in [0.1, 0.15) is 11.6 Å². The number of sulfonamides is 1. The molecule has 268 valence electrons. The molecule has 0 heterocycles. The number of carbonyl (C=O) groups excluding carboxylic acids is 1. The first-order valence-corrected chi connectivity index (χ1v) is 18.7. The van der Waals surface area contributed by atoms with Gasteiger partial charge in [0.15, 0.2) is 0 Å². The molecule has 0 aliphatic rings. The molecule has 0 fully saturated rings. The van der Waals surface area contributed by atoms with Crippen molar-refractivity contribution < 1.29 is 43.6 Å². The summed E-state index contributed by atoms with van der Waals surface area (Å²) in [5.41, 5.74) is -7.77. The Labute approximate surface area is 297 Å². The molecule has 6 nitrogen and oxygen atoms in total. The zero-order chi connectivity index (χ0) is 37.8. The van der Waals surface area contributed by atoms with Gasteiger partial charge >= 0.3 is 5.51 Å². The zero-order valence-electron chi connectivity index (χ0n) is 27.6. The number of nitrogens with one attached hydrogen (secondary N) is 1. The molecule has 50 heavy (non-hydrogen) atoms. The van der Waals surface area contributed by atoms with Crippen molar-refractivity contribution in [1.29, 1.82) is 0 Å². The van der Waals surface area contributed by atoms with E-state index in [1.807, 2.05) is 25.5 Å². The summed E-state index contributed by atoms with van der Waals surface area (Å²) in [6, 6.07) is 12.8. The van der Waals surface area contributed by atoms with Crippen molar-refractivity contribution in [2.24, 2.45) is 0 Å². The van der Waals surface area contributed by atoms with E-state index in [-0.39, 0.29) is 37.9 Å². The van der Waals surface area contributed by atoms with Crippen molar-refractivity contribution >= 4 is 49.0 Å². The maximum absolute atomic E-state index is 16.0. The molecule has 0 bridgehead atoms. The Balaban J connectivity index is 1.74. The van der Waals surface area contributed by atoms with E-state index in [9.17, 15) is 34.8 Å². The predicted octanol–water partition coefficient (Wildman–Crippen LogP) is 9.75. The van der Waals surface area contributed by atoms with Gasteiger partial charge in [0.25, 0.3) is 15.7 Å². The summed E-state index contributed by atoms with van der Waals surface area (Å²) in [7, 11) is -10.4. The summed E-state index contributed by atoms with van der Waals surface area (Å²) in [5.74, 6) is -3.52. The topological polar surface area (TPSA) is 97.4 Å².